The second-order valence-electron chi connectivity index (χ2n) is 3.18. The molecule has 88 valence electrons. The molecule has 0 spiro atoms. The molecule has 7 nitrogen and oxygen atoms in total. The SMILES string of the molecule is CO[C@@H]1[C@@H](OC)[C@@H](O)[C@@H](O)O[C@@H]1C(=O)O. The predicted molar refractivity (Wildman–Crippen MR) is 46.1 cm³/mol. The first kappa shape index (κ1) is 12.3. The van der Waals surface area contributed by atoms with Gasteiger partial charge in [-0.2, -0.15) is 0 Å². The molecular weight excluding hydrogens is 208 g/mol. The Hall–Kier alpha value is -0.730. The van der Waals surface area contributed by atoms with E-state index >= 15 is 0 Å². The molecule has 0 bridgehead atoms. The number of hydrogen-bond acceptors (Lipinski definition) is 6. The lowest BCUT2D eigenvalue weighted by atomic mass is 9.98. The van der Waals surface area contributed by atoms with Crippen molar-refractivity contribution in [2.24, 2.45) is 0 Å². The van der Waals surface area contributed by atoms with Crippen molar-refractivity contribution < 1.29 is 34.3 Å². The molecule has 0 aromatic heterocycles. The number of ether oxygens (including phenoxy) is 3. The van der Waals surface area contributed by atoms with Gasteiger partial charge in [-0.05, 0) is 0 Å². The molecule has 1 aliphatic rings. The van der Waals surface area contributed by atoms with Crippen molar-refractivity contribution >= 4 is 5.97 Å². The molecule has 0 aromatic rings. The van der Waals surface area contributed by atoms with Crippen LogP contribution in [0.3, 0.4) is 0 Å². The third kappa shape index (κ3) is 2.27. The Morgan fingerprint density at radius 3 is 2.13 bits per heavy atom. The second-order valence-corrected chi connectivity index (χ2v) is 3.18. The Labute approximate surface area is 86.2 Å². The predicted octanol–water partition coefficient (Wildman–Crippen LogP) is -1.82. The summed E-state index contributed by atoms with van der Waals surface area (Å²) in [6.45, 7) is 0. The maximum atomic E-state index is 10.8. The van der Waals surface area contributed by atoms with Crippen LogP contribution < -0.4 is 0 Å². The van der Waals surface area contributed by atoms with Gasteiger partial charge in [0.1, 0.15) is 18.3 Å². The zero-order valence-electron chi connectivity index (χ0n) is 8.36. The normalized spacial score (nSPS) is 41.5. The number of carbonyl (C=O) groups is 1. The van der Waals surface area contributed by atoms with Crippen LogP contribution in [-0.2, 0) is 19.0 Å². The van der Waals surface area contributed by atoms with Crippen LogP contribution in [0.5, 0.6) is 0 Å². The summed E-state index contributed by atoms with van der Waals surface area (Å²) in [4.78, 5) is 10.8. The number of aliphatic hydroxyl groups is 2. The summed E-state index contributed by atoms with van der Waals surface area (Å²) in [7, 11) is 2.57. The Bertz CT molecular complexity index is 231. The molecule has 15 heavy (non-hydrogen) atoms. The highest BCUT2D eigenvalue weighted by Gasteiger charge is 2.48. The van der Waals surface area contributed by atoms with Crippen LogP contribution in [0, 0.1) is 0 Å². The third-order valence-corrected chi connectivity index (χ3v) is 2.32. The monoisotopic (exact) mass is 222 g/mol. The van der Waals surface area contributed by atoms with Crippen LogP contribution in [0.15, 0.2) is 0 Å². The van der Waals surface area contributed by atoms with Crippen molar-refractivity contribution in [1.29, 1.82) is 0 Å². The molecule has 0 aliphatic carbocycles. The largest absolute Gasteiger partial charge is 0.479 e. The fraction of sp³-hybridized carbons (Fsp3) is 0.875. The fourth-order valence-electron chi connectivity index (χ4n) is 1.57. The topological polar surface area (TPSA) is 105 Å². The lowest BCUT2D eigenvalue weighted by Crippen LogP contribution is -2.60. The Morgan fingerprint density at radius 2 is 1.73 bits per heavy atom. The van der Waals surface area contributed by atoms with E-state index in [1.54, 1.807) is 0 Å². The van der Waals surface area contributed by atoms with Gasteiger partial charge in [0, 0.05) is 14.2 Å². The van der Waals surface area contributed by atoms with Crippen LogP contribution in [-0.4, -0.2) is 66.2 Å². The van der Waals surface area contributed by atoms with E-state index < -0.39 is 36.7 Å². The van der Waals surface area contributed by atoms with Gasteiger partial charge >= 0.3 is 5.97 Å². The fourth-order valence-corrected chi connectivity index (χ4v) is 1.57. The number of aliphatic hydroxyl groups excluding tert-OH is 2. The minimum Gasteiger partial charge on any atom is -0.479 e. The summed E-state index contributed by atoms with van der Waals surface area (Å²) >= 11 is 0. The van der Waals surface area contributed by atoms with E-state index in [0.29, 0.717) is 0 Å². The number of aliphatic carboxylic acids is 1. The summed E-state index contributed by atoms with van der Waals surface area (Å²) in [5.74, 6) is -1.28. The van der Waals surface area contributed by atoms with Crippen molar-refractivity contribution in [3.63, 3.8) is 0 Å². The summed E-state index contributed by atoms with van der Waals surface area (Å²) < 4.78 is 14.5. The molecule has 1 heterocycles. The van der Waals surface area contributed by atoms with Crippen LogP contribution in [0.4, 0.5) is 0 Å². The standard InChI is InChI=1S/C8H14O7/c1-13-4-3(9)8(12)15-6(7(10)11)5(4)14-2/h3-6,8-9,12H,1-2H3,(H,10,11)/t3-,4+,5-,6+,8+/m1/s1. The molecule has 0 unspecified atom stereocenters. The number of carboxylic acids is 1. The number of rotatable bonds is 3. The molecule has 1 aliphatic heterocycles. The average molecular weight is 222 g/mol. The molecule has 3 N–H and O–H groups in total. The van der Waals surface area contributed by atoms with E-state index in [1.807, 2.05) is 0 Å². The van der Waals surface area contributed by atoms with Crippen molar-refractivity contribution in [2.45, 2.75) is 30.7 Å². The minimum absolute atomic E-state index is 0.945. The van der Waals surface area contributed by atoms with Crippen LogP contribution in [0.2, 0.25) is 0 Å². The molecule has 0 amide bonds. The Kier molecular flexibility index (Phi) is 4.00. The molecule has 1 fully saturated rings. The molecule has 0 saturated carbocycles. The highest BCUT2D eigenvalue weighted by Crippen LogP contribution is 2.24. The van der Waals surface area contributed by atoms with Crippen LogP contribution in [0.25, 0.3) is 0 Å². The van der Waals surface area contributed by atoms with E-state index in [2.05, 4.69) is 0 Å². The highest BCUT2D eigenvalue weighted by atomic mass is 16.7. The van der Waals surface area contributed by atoms with E-state index in [1.165, 1.54) is 14.2 Å². The molecule has 0 radical (unpaired) electrons. The zero-order valence-corrected chi connectivity index (χ0v) is 8.36. The summed E-state index contributed by atoms with van der Waals surface area (Å²) in [6.07, 6.45) is -6.21. The maximum Gasteiger partial charge on any atom is 0.335 e. The van der Waals surface area contributed by atoms with Crippen LogP contribution in [0.1, 0.15) is 0 Å². The van der Waals surface area contributed by atoms with Gasteiger partial charge in [0.2, 0.25) is 0 Å². The van der Waals surface area contributed by atoms with Gasteiger partial charge in [-0.25, -0.2) is 4.79 Å². The number of hydrogen-bond donors (Lipinski definition) is 3. The average Bonchev–Trinajstić information content (AvgIpc) is 2.20. The van der Waals surface area contributed by atoms with Gasteiger partial charge in [0.05, 0.1) is 0 Å². The quantitative estimate of drug-likeness (QED) is 0.516. The summed E-state index contributed by atoms with van der Waals surface area (Å²) in [5, 5.41) is 27.5. The second kappa shape index (κ2) is 4.86. The minimum atomic E-state index is -1.59. The molecule has 7 heteroatoms. The maximum absolute atomic E-state index is 10.8. The van der Waals surface area contributed by atoms with E-state index in [-0.39, 0.29) is 0 Å². The van der Waals surface area contributed by atoms with Gasteiger partial charge in [-0.15, -0.1) is 0 Å². The zero-order chi connectivity index (χ0) is 11.6. The molecular formula is C8H14O7. The lowest BCUT2D eigenvalue weighted by molar-refractivity contribution is -0.287. The van der Waals surface area contributed by atoms with Gasteiger partial charge in [-0.1, -0.05) is 0 Å². The first-order valence-electron chi connectivity index (χ1n) is 4.33. The van der Waals surface area contributed by atoms with Gasteiger partial charge in [0.15, 0.2) is 12.4 Å². The van der Waals surface area contributed by atoms with E-state index in [9.17, 15) is 15.0 Å². The first-order chi connectivity index (χ1) is 7.02. The number of methoxy groups -OCH3 is 2. The number of carboxylic acid groups (broad SMARTS) is 1. The van der Waals surface area contributed by atoms with E-state index in [4.69, 9.17) is 19.3 Å². The molecule has 1 saturated heterocycles. The molecule has 0 aromatic carbocycles. The van der Waals surface area contributed by atoms with Crippen LogP contribution >= 0.6 is 0 Å². The Balaban J connectivity index is 2.87. The van der Waals surface area contributed by atoms with E-state index in [0.717, 1.165) is 0 Å². The van der Waals surface area contributed by atoms with Crippen molar-refractivity contribution in [3.8, 4) is 0 Å². The van der Waals surface area contributed by atoms with Gasteiger partial charge in [0.25, 0.3) is 0 Å². The summed E-state index contributed by atoms with van der Waals surface area (Å²) in [6, 6.07) is 0. The third-order valence-electron chi connectivity index (χ3n) is 2.32. The van der Waals surface area contributed by atoms with Gasteiger partial charge in [-0.3, -0.25) is 0 Å². The summed E-state index contributed by atoms with van der Waals surface area (Å²) in [5.41, 5.74) is 0. The van der Waals surface area contributed by atoms with Crippen molar-refractivity contribution in [1.82, 2.24) is 0 Å². The van der Waals surface area contributed by atoms with Crippen molar-refractivity contribution in [3.05, 3.63) is 0 Å². The smallest absolute Gasteiger partial charge is 0.335 e. The van der Waals surface area contributed by atoms with Crippen molar-refractivity contribution in [2.75, 3.05) is 14.2 Å². The first-order valence-corrected chi connectivity index (χ1v) is 4.33. The lowest BCUT2D eigenvalue weighted by Gasteiger charge is -2.39. The highest BCUT2D eigenvalue weighted by molar-refractivity contribution is 5.73. The van der Waals surface area contributed by atoms with Gasteiger partial charge < -0.3 is 29.5 Å². The molecule has 5 atom stereocenters. The molecule has 1 rings (SSSR count). The Morgan fingerprint density at radius 1 is 1.20 bits per heavy atom.